The van der Waals surface area contributed by atoms with Crippen LogP contribution in [0.15, 0.2) is 48.5 Å². The highest BCUT2D eigenvalue weighted by Crippen LogP contribution is 2.35. The molecule has 1 saturated heterocycles. The number of rotatable bonds is 4. The molecule has 1 aromatic heterocycles. The zero-order valence-electron chi connectivity index (χ0n) is 14.1. The number of anilines is 1. The summed E-state index contributed by atoms with van der Waals surface area (Å²) in [6.45, 7) is 4.14. The standard InChI is InChI=1S/C20H22N4O/c21-13-15-5-7-16(8-6-15)24-19-4-2-1-3-17(19)18(14-25)20(24)23-11-9-22-10-12-23/h1-8,14,22H,9-13,21H2. The number of piperazine rings is 1. The first-order chi connectivity index (χ1) is 12.3. The molecule has 5 heteroatoms. The van der Waals surface area contributed by atoms with Crippen LogP contribution in [0, 0.1) is 0 Å². The zero-order chi connectivity index (χ0) is 17.2. The number of aromatic nitrogens is 1. The molecule has 25 heavy (non-hydrogen) atoms. The number of carbonyl (C=O) groups excluding carboxylic acids is 1. The van der Waals surface area contributed by atoms with E-state index in [1.165, 1.54) is 0 Å². The van der Waals surface area contributed by atoms with Crippen molar-refractivity contribution in [2.75, 3.05) is 31.1 Å². The van der Waals surface area contributed by atoms with Crippen LogP contribution in [0.2, 0.25) is 0 Å². The number of hydrogen-bond donors (Lipinski definition) is 2. The second-order valence-electron chi connectivity index (χ2n) is 6.32. The van der Waals surface area contributed by atoms with Gasteiger partial charge in [-0.15, -0.1) is 0 Å². The van der Waals surface area contributed by atoms with Crippen molar-refractivity contribution in [1.29, 1.82) is 0 Å². The van der Waals surface area contributed by atoms with Crippen LogP contribution in [-0.4, -0.2) is 37.0 Å². The van der Waals surface area contributed by atoms with E-state index in [2.05, 4.69) is 33.0 Å². The lowest BCUT2D eigenvalue weighted by Gasteiger charge is -2.31. The number of hydrogen-bond acceptors (Lipinski definition) is 4. The summed E-state index contributed by atoms with van der Waals surface area (Å²) in [5.74, 6) is 0.984. The lowest BCUT2D eigenvalue weighted by molar-refractivity contribution is 0.112. The Labute approximate surface area is 147 Å². The maximum Gasteiger partial charge on any atom is 0.154 e. The molecule has 5 nitrogen and oxygen atoms in total. The van der Waals surface area contributed by atoms with Crippen molar-refractivity contribution in [2.24, 2.45) is 5.73 Å². The van der Waals surface area contributed by atoms with Crippen LogP contribution < -0.4 is 16.0 Å². The molecule has 3 aromatic rings. The molecule has 4 rings (SSSR count). The maximum absolute atomic E-state index is 12.0. The molecule has 0 aliphatic carbocycles. The monoisotopic (exact) mass is 334 g/mol. The van der Waals surface area contributed by atoms with Gasteiger partial charge in [-0.2, -0.15) is 0 Å². The Hall–Kier alpha value is -2.63. The molecule has 0 atom stereocenters. The molecule has 128 valence electrons. The normalized spacial score (nSPS) is 14.8. The molecule has 2 heterocycles. The Morgan fingerprint density at radius 1 is 1.04 bits per heavy atom. The van der Waals surface area contributed by atoms with Gasteiger partial charge in [0.05, 0.1) is 11.1 Å². The highest BCUT2D eigenvalue weighted by atomic mass is 16.1. The summed E-state index contributed by atoms with van der Waals surface area (Å²) in [5.41, 5.74) is 9.70. The van der Waals surface area contributed by atoms with Crippen LogP contribution >= 0.6 is 0 Å². The summed E-state index contributed by atoms with van der Waals surface area (Å²) in [4.78, 5) is 14.3. The van der Waals surface area contributed by atoms with Gasteiger partial charge >= 0.3 is 0 Å². The highest BCUT2D eigenvalue weighted by Gasteiger charge is 2.23. The summed E-state index contributed by atoms with van der Waals surface area (Å²) in [5, 5.41) is 4.37. The number of para-hydroxylation sites is 1. The topological polar surface area (TPSA) is 63.3 Å². The number of nitrogens with two attached hydrogens (primary N) is 1. The average molecular weight is 334 g/mol. The van der Waals surface area contributed by atoms with Gasteiger partial charge < -0.3 is 16.0 Å². The molecule has 1 aliphatic rings. The van der Waals surface area contributed by atoms with Crippen LogP contribution in [0.25, 0.3) is 16.6 Å². The van der Waals surface area contributed by atoms with Gasteiger partial charge in [0.25, 0.3) is 0 Å². The lowest BCUT2D eigenvalue weighted by Crippen LogP contribution is -2.44. The fourth-order valence-corrected chi connectivity index (χ4v) is 3.60. The Morgan fingerprint density at radius 2 is 1.76 bits per heavy atom. The molecule has 0 bridgehead atoms. The van der Waals surface area contributed by atoms with E-state index in [0.717, 1.165) is 66.0 Å². The Kier molecular flexibility index (Phi) is 4.26. The molecule has 2 aromatic carbocycles. The van der Waals surface area contributed by atoms with Crippen molar-refractivity contribution in [3.05, 3.63) is 59.7 Å². The number of fused-ring (bicyclic) bond motifs is 1. The second kappa shape index (κ2) is 6.70. The second-order valence-corrected chi connectivity index (χ2v) is 6.32. The number of benzene rings is 2. The van der Waals surface area contributed by atoms with Crippen molar-refractivity contribution in [3.8, 4) is 5.69 Å². The van der Waals surface area contributed by atoms with E-state index >= 15 is 0 Å². The minimum atomic E-state index is 0.525. The van der Waals surface area contributed by atoms with Gasteiger partial charge in [-0.1, -0.05) is 30.3 Å². The molecular weight excluding hydrogens is 312 g/mol. The summed E-state index contributed by atoms with van der Waals surface area (Å²) in [6.07, 6.45) is 0.991. The van der Waals surface area contributed by atoms with E-state index in [9.17, 15) is 4.79 Å². The SMILES string of the molecule is NCc1ccc(-n2c(N3CCNCC3)c(C=O)c3ccccc32)cc1. The highest BCUT2D eigenvalue weighted by molar-refractivity contribution is 6.05. The molecular formula is C20H22N4O. The predicted molar refractivity (Wildman–Crippen MR) is 102 cm³/mol. The molecule has 1 aliphatic heterocycles. The van der Waals surface area contributed by atoms with Gasteiger partial charge in [0, 0.05) is 43.8 Å². The van der Waals surface area contributed by atoms with E-state index in [1.54, 1.807) is 0 Å². The quantitative estimate of drug-likeness (QED) is 0.719. The number of nitrogens with zero attached hydrogens (tertiary/aromatic N) is 2. The Bertz CT molecular complexity index is 892. The maximum atomic E-state index is 12.0. The van der Waals surface area contributed by atoms with Crippen molar-refractivity contribution in [3.63, 3.8) is 0 Å². The first-order valence-corrected chi connectivity index (χ1v) is 8.67. The molecule has 3 N–H and O–H groups in total. The minimum absolute atomic E-state index is 0.525. The third-order valence-electron chi connectivity index (χ3n) is 4.85. The van der Waals surface area contributed by atoms with E-state index in [0.29, 0.717) is 6.54 Å². The molecule has 0 amide bonds. The Balaban J connectivity index is 1.97. The third-order valence-corrected chi connectivity index (χ3v) is 4.85. The predicted octanol–water partition coefficient (Wildman–Crippen LogP) is 2.31. The van der Waals surface area contributed by atoms with Crippen molar-refractivity contribution < 1.29 is 4.79 Å². The third kappa shape index (κ3) is 2.71. The summed E-state index contributed by atoms with van der Waals surface area (Å²) in [6, 6.07) is 16.4. The van der Waals surface area contributed by atoms with Gasteiger partial charge in [-0.05, 0) is 23.8 Å². The van der Waals surface area contributed by atoms with E-state index < -0.39 is 0 Å². The van der Waals surface area contributed by atoms with Crippen LogP contribution in [0.4, 0.5) is 5.82 Å². The van der Waals surface area contributed by atoms with Crippen LogP contribution in [0.5, 0.6) is 0 Å². The van der Waals surface area contributed by atoms with Gasteiger partial charge in [0.1, 0.15) is 5.82 Å². The molecule has 0 radical (unpaired) electrons. The first kappa shape index (κ1) is 15.9. The summed E-state index contributed by atoms with van der Waals surface area (Å²) >= 11 is 0. The molecule has 0 spiro atoms. The van der Waals surface area contributed by atoms with E-state index in [1.807, 2.05) is 30.3 Å². The van der Waals surface area contributed by atoms with Crippen molar-refractivity contribution >= 4 is 23.0 Å². The zero-order valence-corrected chi connectivity index (χ0v) is 14.1. The molecule has 0 unspecified atom stereocenters. The van der Waals surface area contributed by atoms with Crippen molar-refractivity contribution in [2.45, 2.75) is 6.54 Å². The average Bonchev–Trinajstić information content (AvgIpc) is 3.03. The smallest absolute Gasteiger partial charge is 0.154 e. The van der Waals surface area contributed by atoms with Gasteiger partial charge in [0.15, 0.2) is 6.29 Å². The summed E-state index contributed by atoms with van der Waals surface area (Å²) in [7, 11) is 0. The number of aldehydes is 1. The first-order valence-electron chi connectivity index (χ1n) is 8.67. The number of carbonyl (C=O) groups is 1. The fourth-order valence-electron chi connectivity index (χ4n) is 3.60. The van der Waals surface area contributed by atoms with Crippen LogP contribution in [-0.2, 0) is 6.54 Å². The van der Waals surface area contributed by atoms with Crippen LogP contribution in [0.1, 0.15) is 15.9 Å². The largest absolute Gasteiger partial charge is 0.355 e. The van der Waals surface area contributed by atoms with Gasteiger partial charge in [0.2, 0.25) is 0 Å². The molecule has 1 fully saturated rings. The van der Waals surface area contributed by atoms with Gasteiger partial charge in [-0.25, -0.2) is 0 Å². The lowest BCUT2D eigenvalue weighted by atomic mass is 10.2. The fraction of sp³-hybridized carbons (Fsp3) is 0.250. The molecule has 0 saturated carbocycles. The van der Waals surface area contributed by atoms with Crippen molar-refractivity contribution in [1.82, 2.24) is 9.88 Å². The van der Waals surface area contributed by atoms with Crippen LogP contribution in [0.3, 0.4) is 0 Å². The minimum Gasteiger partial charge on any atom is -0.355 e. The Morgan fingerprint density at radius 3 is 2.44 bits per heavy atom. The number of nitrogens with one attached hydrogen (secondary N) is 1. The van der Waals surface area contributed by atoms with Gasteiger partial charge in [-0.3, -0.25) is 9.36 Å². The van der Waals surface area contributed by atoms with E-state index in [-0.39, 0.29) is 0 Å². The van der Waals surface area contributed by atoms with E-state index in [4.69, 9.17) is 5.73 Å². The summed E-state index contributed by atoms with van der Waals surface area (Å²) < 4.78 is 2.20.